The summed E-state index contributed by atoms with van der Waals surface area (Å²) in [5.74, 6) is -7.42. The van der Waals surface area contributed by atoms with Crippen LogP contribution in [0.15, 0.2) is 52.9 Å². The molecule has 0 unspecified atom stereocenters. The fourth-order valence-corrected chi connectivity index (χ4v) is 2.66. The van der Waals surface area contributed by atoms with Crippen molar-refractivity contribution in [3.8, 4) is 11.3 Å². The molecule has 0 saturated heterocycles. The molecule has 3 rings (SSSR count). The standard InChI is InChI=1S/C20H15F5N2O2/c1-11-5-3-4-6-15(11)17(28)26-14-9-7-13(8-10-14)16-12(2)29-18(27-16)19(21,22)20(23,24)25/h3-10H,1-2H3,(H,26,28). The van der Waals surface area contributed by atoms with Crippen LogP contribution in [0.1, 0.15) is 27.6 Å². The van der Waals surface area contributed by atoms with Gasteiger partial charge in [-0.05, 0) is 37.6 Å². The average molecular weight is 410 g/mol. The molecule has 2 aromatic carbocycles. The van der Waals surface area contributed by atoms with Crippen molar-refractivity contribution in [3.05, 3.63) is 71.3 Å². The second-order valence-corrected chi connectivity index (χ2v) is 6.34. The Kier molecular flexibility index (Phi) is 5.16. The Morgan fingerprint density at radius 2 is 1.59 bits per heavy atom. The Bertz CT molecular complexity index is 1040. The van der Waals surface area contributed by atoms with Crippen molar-refractivity contribution in [2.24, 2.45) is 0 Å². The predicted octanol–water partition coefficient (Wildman–Crippen LogP) is 5.86. The maximum Gasteiger partial charge on any atom is 0.463 e. The fraction of sp³-hybridized carbons (Fsp3) is 0.200. The largest absolute Gasteiger partial charge is 0.463 e. The molecule has 152 valence electrons. The van der Waals surface area contributed by atoms with E-state index in [0.29, 0.717) is 11.3 Å². The van der Waals surface area contributed by atoms with Crippen molar-refractivity contribution < 1.29 is 31.2 Å². The zero-order valence-corrected chi connectivity index (χ0v) is 15.3. The Labute approximate surface area is 162 Å². The van der Waals surface area contributed by atoms with Gasteiger partial charge in [0.05, 0.1) is 0 Å². The van der Waals surface area contributed by atoms with E-state index in [0.717, 1.165) is 5.56 Å². The van der Waals surface area contributed by atoms with E-state index >= 15 is 0 Å². The van der Waals surface area contributed by atoms with E-state index in [-0.39, 0.29) is 22.9 Å². The molecule has 1 N–H and O–H groups in total. The number of benzene rings is 2. The third-order valence-corrected chi connectivity index (χ3v) is 4.23. The lowest BCUT2D eigenvalue weighted by Crippen LogP contribution is -2.33. The predicted molar refractivity (Wildman–Crippen MR) is 95.8 cm³/mol. The van der Waals surface area contributed by atoms with Gasteiger partial charge in [0, 0.05) is 16.8 Å². The average Bonchev–Trinajstić information content (AvgIpc) is 3.04. The molecule has 3 aromatic rings. The summed E-state index contributed by atoms with van der Waals surface area (Å²) >= 11 is 0. The van der Waals surface area contributed by atoms with Crippen molar-refractivity contribution in [3.63, 3.8) is 0 Å². The zero-order valence-electron chi connectivity index (χ0n) is 15.3. The zero-order chi connectivity index (χ0) is 21.4. The second kappa shape index (κ2) is 7.31. The number of carbonyl (C=O) groups excluding carboxylic acids is 1. The first-order chi connectivity index (χ1) is 13.5. The smallest absolute Gasteiger partial charge is 0.440 e. The van der Waals surface area contributed by atoms with Gasteiger partial charge >= 0.3 is 12.1 Å². The number of hydrogen-bond acceptors (Lipinski definition) is 3. The lowest BCUT2D eigenvalue weighted by atomic mass is 10.1. The molecule has 0 aliphatic carbocycles. The first-order valence-corrected chi connectivity index (χ1v) is 8.40. The van der Waals surface area contributed by atoms with Crippen LogP contribution < -0.4 is 5.32 Å². The van der Waals surface area contributed by atoms with Crippen LogP contribution in [-0.2, 0) is 5.92 Å². The van der Waals surface area contributed by atoms with Crippen molar-refractivity contribution in [1.82, 2.24) is 4.98 Å². The molecular formula is C20H15F5N2O2. The maximum atomic E-state index is 13.4. The van der Waals surface area contributed by atoms with Gasteiger partial charge in [0.25, 0.3) is 11.8 Å². The van der Waals surface area contributed by atoms with E-state index in [9.17, 15) is 26.7 Å². The van der Waals surface area contributed by atoms with Gasteiger partial charge in [-0.15, -0.1) is 0 Å². The number of amides is 1. The van der Waals surface area contributed by atoms with Crippen LogP contribution in [0.25, 0.3) is 11.3 Å². The van der Waals surface area contributed by atoms with E-state index in [1.165, 1.54) is 31.2 Å². The van der Waals surface area contributed by atoms with Gasteiger partial charge in [-0.3, -0.25) is 4.79 Å². The summed E-state index contributed by atoms with van der Waals surface area (Å²) in [6.45, 7) is 3.03. The Hall–Kier alpha value is -3.23. The number of aryl methyl sites for hydroxylation is 2. The van der Waals surface area contributed by atoms with Crippen LogP contribution >= 0.6 is 0 Å². The molecule has 29 heavy (non-hydrogen) atoms. The Morgan fingerprint density at radius 1 is 0.966 bits per heavy atom. The molecule has 0 spiro atoms. The molecule has 0 saturated carbocycles. The number of oxazole rings is 1. The van der Waals surface area contributed by atoms with E-state index in [1.807, 2.05) is 0 Å². The van der Waals surface area contributed by atoms with E-state index < -0.39 is 18.0 Å². The molecule has 1 amide bonds. The van der Waals surface area contributed by atoms with Crippen molar-refractivity contribution in [2.75, 3.05) is 5.32 Å². The molecule has 0 fully saturated rings. The minimum absolute atomic E-state index is 0.138. The molecule has 0 radical (unpaired) electrons. The molecule has 9 heteroatoms. The van der Waals surface area contributed by atoms with Crippen molar-refractivity contribution in [1.29, 1.82) is 0 Å². The number of alkyl halides is 5. The van der Waals surface area contributed by atoms with Crippen LogP contribution in [0.2, 0.25) is 0 Å². The molecule has 0 atom stereocenters. The van der Waals surface area contributed by atoms with Gasteiger partial charge in [0.15, 0.2) is 0 Å². The number of hydrogen-bond donors (Lipinski definition) is 1. The summed E-state index contributed by atoms with van der Waals surface area (Å²) < 4.78 is 69.0. The van der Waals surface area contributed by atoms with Crippen LogP contribution in [0.3, 0.4) is 0 Å². The van der Waals surface area contributed by atoms with E-state index in [1.54, 1.807) is 31.2 Å². The minimum Gasteiger partial charge on any atom is -0.440 e. The summed E-state index contributed by atoms with van der Waals surface area (Å²) in [4.78, 5) is 15.7. The molecule has 0 aliphatic heterocycles. The highest BCUT2D eigenvalue weighted by Gasteiger charge is 2.62. The summed E-state index contributed by atoms with van der Waals surface area (Å²) in [7, 11) is 0. The van der Waals surface area contributed by atoms with Gasteiger partial charge in [0.2, 0.25) is 0 Å². The molecule has 4 nitrogen and oxygen atoms in total. The number of carbonyl (C=O) groups is 1. The van der Waals surface area contributed by atoms with Gasteiger partial charge < -0.3 is 9.73 Å². The number of rotatable bonds is 4. The van der Waals surface area contributed by atoms with Crippen LogP contribution in [0, 0.1) is 13.8 Å². The summed E-state index contributed by atoms with van der Waals surface area (Å²) in [5, 5.41) is 2.69. The van der Waals surface area contributed by atoms with Crippen LogP contribution in [0.5, 0.6) is 0 Å². The highest BCUT2D eigenvalue weighted by atomic mass is 19.4. The summed E-state index contributed by atoms with van der Waals surface area (Å²) in [6, 6.07) is 12.8. The molecule has 0 aliphatic rings. The number of nitrogens with zero attached hydrogens (tertiary/aromatic N) is 1. The first-order valence-electron chi connectivity index (χ1n) is 8.40. The quantitative estimate of drug-likeness (QED) is 0.548. The van der Waals surface area contributed by atoms with E-state index in [2.05, 4.69) is 14.7 Å². The molecule has 0 bridgehead atoms. The third kappa shape index (κ3) is 3.98. The third-order valence-electron chi connectivity index (χ3n) is 4.23. The second-order valence-electron chi connectivity index (χ2n) is 6.34. The maximum absolute atomic E-state index is 13.4. The normalized spacial score (nSPS) is 12.1. The minimum atomic E-state index is -5.81. The van der Waals surface area contributed by atoms with Gasteiger partial charge in [0.1, 0.15) is 11.5 Å². The topological polar surface area (TPSA) is 55.1 Å². The number of nitrogens with one attached hydrogen (secondary N) is 1. The number of anilines is 1. The highest BCUT2D eigenvalue weighted by molar-refractivity contribution is 6.05. The van der Waals surface area contributed by atoms with Crippen LogP contribution in [-0.4, -0.2) is 17.1 Å². The SMILES string of the molecule is Cc1ccccc1C(=O)Nc1ccc(-c2nc(C(F)(F)C(F)(F)F)oc2C)cc1. The van der Waals surface area contributed by atoms with Crippen LogP contribution in [0.4, 0.5) is 27.6 Å². The van der Waals surface area contributed by atoms with Crippen molar-refractivity contribution >= 4 is 11.6 Å². The first kappa shape index (κ1) is 20.5. The Balaban J connectivity index is 1.83. The Morgan fingerprint density at radius 3 is 2.17 bits per heavy atom. The summed E-state index contributed by atoms with van der Waals surface area (Å²) in [6.07, 6.45) is -5.81. The lowest BCUT2D eigenvalue weighted by Gasteiger charge is -2.15. The van der Waals surface area contributed by atoms with Gasteiger partial charge in [-0.1, -0.05) is 30.3 Å². The monoisotopic (exact) mass is 410 g/mol. The highest BCUT2D eigenvalue weighted by Crippen LogP contribution is 2.44. The number of halogens is 5. The summed E-state index contributed by atoms with van der Waals surface area (Å²) in [5.41, 5.74) is 1.83. The molecule has 1 aromatic heterocycles. The molecular weight excluding hydrogens is 395 g/mol. The van der Waals surface area contributed by atoms with Crippen molar-refractivity contribution in [2.45, 2.75) is 25.9 Å². The number of aromatic nitrogens is 1. The van der Waals surface area contributed by atoms with Gasteiger partial charge in [-0.25, -0.2) is 4.98 Å². The molecule has 1 heterocycles. The lowest BCUT2D eigenvalue weighted by molar-refractivity contribution is -0.297. The van der Waals surface area contributed by atoms with Gasteiger partial charge in [-0.2, -0.15) is 22.0 Å². The fourth-order valence-electron chi connectivity index (χ4n) is 2.66. The van der Waals surface area contributed by atoms with E-state index in [4.69, 9.17) is 0 Å².